The molecule has 2 heterocycles. The van der Waals surface area contributed by atoms with Crippen LogP contribution in [0.4, 0.5) is 11.5 Å². The lowest BCUT2D eigenvalue weighted by atomic mass is 9.79. The molecule has 1 saturated carbocycles. The standard InChI is InChI=1S/C22H27ClN4S/c23-18-7-5-6-17(14-18)22(10-1-2-11-22)16-25-21(28)26-19-8-9-20(24-15-19)27-12-3-4-13-27/h5-9,14-15H,1-4,10-13,16H2,(H2,25,26,28). The number of aromatic nitrogens is 1. The molecule has 6 heteroatoms. The van der Waals surface area contributed by atoms with Gasteiger partial charge in [0.1, 0.15) is 5.82 Å². The minimum atomic E-state index is 0.106. The number of halogens is 1. The summed E-state index contributed by atoms with van der Waals surface area (Å²) in [5.74, 6) is 1.05. The van der Waals surface area contributed by atoms with Crippen molar-refractivity contribution in [3.8, 4) is 0 Å². The van der Waals surface area contributed by atoms with Crippen molar-refractivity contribution in [1.82, 2.24) is 10.3 Å². The van der Waals surface area contributed by atoms with E-state index in [0.29, 0.717) is 5.11 Å². The molecular formula is C22H27ClN4S. The van der Waals surface area contributed by atoms with Gasteiger partial charge in [0.25, 0.3) is 0 Å². The summed E-state index contributed by atoms with van der Waals surface area (Å²) in [5, 5.41) is 8.16. The van der Waals surface area contributed by atoms with Crippen molar-refractivity contribution in [3.63, 3.8) is 0 Å². The van der Waals surface area contributed by atoms with E-state index in [2.05, 4.69) is 44.8 Å². The van der Waals surface area contributed by atoms with Gasteiger partial charge in [-0.2, -0.15) is 0 Å². The SMILES string of the molecule is S=C(NCC1(c2cccc(Cl)c2)CCCC1)Nc1ccc(N2CCCC2)nc1. The molecule has 1 aliphatic heterocycles. The zero-order chi connectivity index (χ0) is 19.4. The highest BCUT2D eigenvalue weighted by molar-refractivity contribution is 7.80. The van der Waals surface area contributed by atoms with Crippen molar-refractivity contribution in [1.29, 1.82) is 0 Å². The topological polar surface area (TPSA) is 40.2 Å². The summed E-state index contributed by atoms with van der Waals surface area (Å²) >= 11 is 11.8. The van der Waals surface area contributed by atoms with Crippen LogP contribution in [-0.2, 0) is 5.41 Å². The van der Waals surface area contributed by atoms with Gasteiger partial charge in [-0.3, -0.25) is 0 Å². The molecule has 0 unspecified atom stereocenters. The normalized spacial score (nSPS) is 18.2. The maximum absolute atomic E-state index is 6.25. The molecule has 1 aromatic carbocycles. The second-order valence-electron chi connectivity index (χ2n) is 7.90. The van der Waals surface area contributed by atoms with Crippen molar-refractivity contribution in [3.05, 3.63) is 53.2 Å². The van der Waals surface area contributed by atoms with Gasteiger partial charge < -0.3 is 15.5 Å². The van der Waals surface area contributed by atoms with Crippen molar-refractivity contribution in [2.45, 2.75) is 43.9 Å². The van der Waals surface area contributed by atoms with Gasteiger partial charge in [0.2, 0.25) is 0 Å². The Morgan fingerprint density at radius 1 is 1.11 bits per heavy atom. The van der Waals surface area contributed by atoms with Crippen LogP contribution in [0.5, 0.6) is 0 Å². The molecule has 2 fully saturated rings. The zero-order valence-corrected chi connectivity index (χ0v) is 17.7. The van der Waals surface area contributed by atoms with Crippen LogP contribution in [0, 0.1) is 0 Å². The van der Waals surface area contributed by atoms with E-state index in [1.54, 1.807) is 0 Å². The summed E-state index contributed by atoms with van der Waals surface area (Å²) in [6.07, 6.45) is 9.19. The molecule has 2 aliphatic rings. The molecule has 0 radical (unpaired) electrons. The fourth-order valence-electron chi connectivity index (χ4n) is 4.46. The van der Waals surface area contributed by atoms with Gasteiger partial charge in [0, 0.05) is 30.1 Å². The largest absolute Gasteiger partial charge is 0.362 e. The summed E-state index contributed by atoms with van der Waals surface area (Å²) in [5.41, 5.74) is 2.34. The first-order chi connectivity index (χ1) is 13.6. The summed E-state index contributed by atoms with van der Waals surface area (Å²) in [6, 6.07) is 12.4. The molecule has 1 aliphatic carbocycles. The van der Waals surface area contributed by atoms with Crippen molar-refractivity contribution >= 4 is 40.4 Å². The van der Waals surface area contributed by atoms with Crippen LogP contribution in [0.3, 0.4) is 0 Å². The predicted molar refractivity (Wildman–Crippen MR) is 122 cm³/mol. The van der Waals surface area contributed by atoms with Gasteiger partial charge in [-0.15, -0.1) is 0 Å². The van der Waals surface area contributed by atoms with Crippen LogP contribution in [0.15, 0.2) is 42.6 Å². The van der Waals surface area contributed by atoms with Gasteiger partial charge in [-0.25, -0.2) is 4.98 Å². The van der Waals surface area contributed by atoms with Crippen LogP contribution in [-0.4, -0.2) is 29.7 Å². The van der Waals surface area contributed by atoms with Crippen LogP contribution in [0.25, 0.3) is 0 Å². The van der Waals surface area contributed by atoms with Crippen molar-refractivity contribution in [2.24, 2.45) is 0 Å². The number of hydrogen-bond donors (Lipinski definition) is 2. The molecule has 0 spiro atoms. The van der Waals surface area contributed by atoms with E-state index in [4.69, 9.17) is 23.8 Å². The molecule has 0 bridgehead atoms. The molecule has 0 amide bonds. The molecule has 4 rings (SSSR count). The third kappa shape index (κ3) is 4.41. The Kier molecular flexibility index (Phi) is 6.02. The van der Waals surface area contributed by atoms with Gasteiger partial charge >= 0.3 is 0 Å². The molecular weight excluding hydrogens is 388 g/mol. The van der Waals surface area contributed by atoms with Crippen LogP contribution in [0.1, 0.15) is 44.1 Å². The lowest BCUT2D eigenvalue weighted by Gasteiger charge is -2.31. The number of nitrogens with one attached hydrogen (secondary N) is 2. The summed E-state index contributed by atoms with van der Waals surface area (Å²) in [4.78, 5) is 6.91. The number of thiocarbonyl (C=S) groups is 1. The van der Waals surface area contributed by atoms with E-state index in [-0.39, 0.29) is 5.41 Å². The second-order valence-corrected chi connectivity index (χ2v) is 8.75. The van der Waals surface area contributed by atoms with E-state index in [0.717, 1.165) is 49.0 Å². The quantitative estimate of drug-likeness (QED) is 0.663. The monoisotopic (exact) mass is 414 g/mol. The fourth-order valence-corrected chi connectivity index (χ4v) is 4.84. The molecule has 0 atom stereocenters. The van der Waals surface area contributed by atoms with E-state index < -0.39 is 0 Å². The average Bonchev–Trinajstić information content (AvgIpc) is 3.40. The smallest absolute Gasteiger partial charge is 0.170 e. The Balaban J connectivity index is 1.36. The number of hydrogen-bond acceptors (Lipinski definition) is 3. The number of benzene rings is 1. The Labute approximate surface area is 177 Å². The maximum Gasteiger partial charge on any atom is 0.170 e. The first kappa shape index (κ1) is 19.5. The van der Waals surface area contributed by atoms with E-state index in [1.807, 2.05) is 18.3 Å². The van der Waals surface area contributed by atoms with Gasteiger partial charge in [0.05, 0.1) is 11.9 Å². The molecule has 28 heavy (non-hydrogen) atoms. The number of rotatable bonds is 5. The molecule has 2 aromatic rings. The zero-order valence-electron chi connectivity index (χ0n) is 16.1. The minimum absolute atomic E-state index is 0.106. The first-order valence-corrected chi connectivity index (χ1v) is 11.0. The Morgan fingerprint density at radius 3 is 2.57 bits per heavy atom. The van der Waals surface area contributed by atoms with Crippen molar-refractivity contribution < 1.29 is 0 Å². The highest BCUT2D eigenvalue weighted by Crippen LogP contribution is 2.41. The lowest BCUT2D eigenvalue weighted by Crippen LogP contribution is -2.40. The van der Waals surface area contributed by atoms with Gasteiger partial charge in [-0.1, -0.05) is 36.6 Å². The first-order valence-electron chi connectivity index (χ1n) is 10.2. The molecule has 4 nitrogen and oxygen atoms in total. The van der Waals surface area contributed by atoms with E-state index >= 15 is 0 Å². The maximum atomic E-state index is 6.25. The van der Waals surface area contributed by atoms with Gasteiger partial charge in [-0.05, 0) is 67.7 Å². The number of pyridine rings is 1. The molecule has 2 N–H and O–H groups in total. The van der Waals surface area contributed by atoms with Crippen LogP contribution in [0.2, 0.25) is 5.02 Å². The van der Waals surface area contributed by atoms with Crippen LogP contribution < -0.4 is 15.5 Å². The minimum Gasteiger partial charge on any atom is -0.362 e. The highest BCUT2D eigenvalue weighted by atomic mass is 35.5. The van der Waals surface area contributed by atoms with E-state index in [1.165, 1.54) is 31.2 Å². The summed E-state index contributed by atoms with van der Waals surface area (Å²) in [7, 11) is 0. The second kappa shape index (κ2) is 8.66. The van der Waals surface area contributed by atoms with Gasteiger partial charge in [0.15, 0.2) is 5.11 Å². The Bertz CT molecular complexity index is 812. The third-order valence-electron chi connectivity index (χ3n) is 6.02. The Hall–Kier alpha value is -1.85. The third-order valence-corrected chi connectivity index (χ3v) is 6.50. The Morgan fingerprint density at radius 2 is 1.89 bits per heavy atom. The van der Waals surface area contributed by atoms with E-state index in [9.17, 15) is 0 Å². The summed E-state index contributed by atoms with van der Waals surface area (Å²) < 4.78 is 0. The number of anilines is 2. The molecule has 1 aromatic heterocycles. The lowest BCUT2D eigenvalue weighted by molar-refractivity contribution is 0.435. The average molecular weight is 415 g/mol. The molecule has 1 saturated heterocycles. The predicted octanol–water partition coefficient (Wildman–Crippen LogP) is 5.13. The fraction of sp³-hybridized carbons (Fsp3) is 0.455. The van der Waals surface area contributed by atoms with Crippen molar-refractivity contribution in [2.75, 3.05) is 29.9 Å². The summed E-state index contributed by atoms with van der Waals surface area (Å²) in [6.45, 7) is 3.02. The van der Waals surface area contributed by atoms with Crippen LogP contribution >= 0.6 is 23.8 Å². The number of nitrogens with zero attached hydrogens (tertiary/aromatic N) is 2. The highest BCUT2D eigenvalue weighted by Gasteiger charge is 2.35. The molecule has 148 valence electrons.